The average molecular weight is 471 g/mol. The van der Waals surface area contributed by atoms with Gasteiger partial charge in [0.1, 0.15) is 18.1 Å². The van der Waals surface area contributed by atoms with Gasteiger partial charge >= 0.3 is 0 Å². The van der Waals surface area contributed by atoms with Crippen LogP contribution >= 0.6 is 0 Å². The predicted molar refractivity (Wildman–Crippen MR) is 125 cm³/mol. The number of amides is 1. The lowest BCUT2D eigenvalue weighted by Gasteiger charge is -2.26. The molecule has 0 saturated carbocycles. The lowest BCUT2D eigenvalue weighted by Crippen LogP contribution is -2.33. The van der Waals surface area contributed by atoms with E-state index in [1.165, 1.54) is 25.3 Å². The number of nitrogens with one attached hydrogen (secondary N) is 1. The number of carbonyl (C=O) groups excluding carboxylic acids is 1. The fourth-order valence-corrected chi connectivity index (χ4v) is 3.95. The Morgan fingerprint density at radius 2 is 1.85 bits per heavy atom. The van der Waals surface area contributed by atoms with E-state index in [4.69, 9.17) is 9.47 Å². The van der Waals surface area contributed by atoms with Gasteiger partial charge in [-0.1, -0.05) is 6.42 Å². The highest BCUT2D eigenvalue weighted by Crippen LogP contribution is 2.32. The molecule has 9 heteroatoms. The second kappa shape index (κ2) is 11.1. The molecule has 1 aromatic heterocycles. The topological polar surface area (TPSA) is 68.6 Å². The minimum absolute atomic E-state index is 0.0714. The van der Waals surface area contributed by atoms with E-state index in [-0.39, 0.29) is 12.4 Å². The number of carbonyl (C=O) groups is 1. The first-order chi connectivity index (χ1) is 16.5. The number of aromatic nitrogens is 2. The molecular weight excluding hydrogens is 442 g/mol. The number of hydrogen-bond acceptors (Lipinski definition) is 5. The summed E-state index contributed by atoms with van der Waals surface area (Å²) in [5.74, 6) is -1.66. The first-order valence-corrected chi connectivity index (χ1v) is 11.3. The summed E-state index contributed by atoms with van der Waals surface area (Å²) in [7, 11) is 1.84. The van der Waals surface area contributed by atoms with Gasteiger partial charge in [0.05, 0.1) is 5.69 Å². The number of likely N-dealkylation sites (tertiary alicyclic amines) is 1. The van der Waals surface area contributed by atoms with Crippen LogP contribution in [0.5, 0.6) is 11.5 Å². The van der Waals surface area contributed by atoms with E-state index < -0.39 is 17.5 Å². The molecule has 0 spiro atoms. The number of ether oxygens (including phenoxy) is 2. The van der Waals surface area contributed by atoms with Gasteiger partial charge in [-0.2, -0.15) is 5.10 Å². The Hall–Kier alpha value is -3.46. The van der Waals surface area contributed by atoms with E-state index in [9.17, 15) is 13.6 Å². The van der Waals surface area contributed by atoms with E-state index >= 15 is 0 Å². The summed E-state index contributed by atoms with van der Waals surface area (Å²) < 4.78 is 39.5. The smallest absolute Gasteiger partial charge is 0.262 e. The molecule has 1 aliphatic rings. The van der Waals surface area contributed by atoms with Gasteiger partial charge in [-0.05, 0) is 62.3 Å². The molecule has 2 aromatic carbocycles. The van der Waals surface area contributed by atoms with Crippen LogP contribution in [0.4, 0.5) is 14.5 Å². The zero-order valence-corrected chi connectivity index (χ0v) is 19.1. The monoisotopic (exact) mass is 470 g/mol. The number of piperidine rings is 1. The summed E-state index contributed by atoms with van der Waals surface area (Å²) in [5.41, 5.74) is 2.21. The summed E-state index contributed by atoms with van der Waals surface area (Å²) in [5, 5.41) is 7.01. The fraction of sp³-hybridized carbons (Fsp3) is 0.360. The normalized spacial score (nSPS) is 14.1. The second-order valence-corrected chi connectivity index (χ2v) is 8.21. The van der Waals surface area contributed by atoms with Crippen LogP contribution in [0.25, 0.3) is 11.3 Å². The molecule has 1 aliphatic heterocycles. The van der Waals surface area contributed by atoms with E-state index in [2.05, 4.69) is 15.3 Å². The minimum Gasteiger partial charge on any atom is -0.492 e. The molecule has 1 fully saturated rings. The van der Waals surface area contributed by atoms with Crippen LogP contribution in [0, 0.1) is 11.6 Å². The Morgan fingerprint density at radius 3 is 2.59 bits per heavy atom. The summed E-state index contributed by atoms with van der Waals surface area (Å²) in [6, 6.07) is 10.4. The van der Waals surface area contributed by atoms with Crippen molar-refractivity contribution in [2.75, 3.05) is 38.2 Å². The SMILES string of the molecule is Cn1nccc1-c1cc(NC(=O)COc2ccc(F)c(F)c2)ccc1OCCN1CCCCC1. The molecule has 1 saturated heterocycles. The Balaban J connectivity index is 1.41. The number of benzene rings is 2. The maximum atomic E-state index is 13.3. The average Bonchev–Trinajstić information content (AvgIpc) is 3.27. The third-order valence-corrected chi connectivity index (χ3v) is 5.73. The van der Waals surface area contributed by atoms with Crippen molar-refractivity contribution < 1.29 is 23.0 Å². The van der Waals surface area contributed by atoms with E-state index in [0.29, 0.717) is 18.0 Å². The van der Waals surface area contributed by atoms with Crippen LogP contribution in [-0.2, 0) is 11.8 Å². The van der Waals surface area contributed by atoms with Crippen LogP contribution in [0.1, 0.15) is 19.3 Å². The molecule has 1 amide bonds. The highest BCUT2D eigenvalue weighted by Gasteiger charge is 2.15. The lowest BCUT2D eigenvalue weighted by molar-refractivity contribution is -0.118. The van der Waals surface area contributed by atoms with Crippen LogP contribution in [0.2, 0.25) is 0 Å². The van der Waals surface area contributed by atoms with Crippen molar-refractivity contribution in [3.8, 4) is 22.8 Å². The van der Waals surface area contributed by atoms with Crippen LogP contribution in [-0.4, -0.2) is 53.4 Å². The van der Waals surface area contributed by atoms with Gasteiger partial charge < -0.3 is 14.8 Å². The molecule has 180 valence electrons. The predicted octanol–water partition coefficient (Wildman–Crippen LogP) is 4.25. The zero-order valence-electron chi connectivity index (χ0n) is 19.1. The van der Waals surface area contributed by atoms with E-state index in [0.717, 1.165) is 43.0 Å². The highest BCUT2D eigenvalue weighted by atomic mass is 19.2. The van der Waals surface area contributed by atoms with Crippen molar-refractivity contribution in [2.45, 2.75) is 19.3 Å². The van der Waals surface area contributed by atoms with E-state index in [1.807, 2.05) is 25.2 Å². The first kappa shape index (κ1) is 23.7. The third kappa shape index (κ3) is 6.11. The maximum Gasteiger partial charge on any atom is 0.262 e. The van der Waals surface area contributed by atoms with Gasteiger partial charge in [-0.15, -0.1) is 0 Å². The maximum absolute atomic E-state index is 13.3. The molecule has 2 heterocycles. The van der Waals surface area contributed by atoms with Gasteiger partial charge in [0.15, 0.2) is 18.2 Å². The highest BCUT2D eigenvalue weighted by molar-refractivity contribution is 5.93. The molecule has 34 heavy (non-hydrogen) atoms. The Kier molecular flexibility index (Phi) is 7.74. The molecule has 0 atom stereocenters. The molecule has 1 N–H and O–H groups in total. The summed E-state index contributed by atoms with van der Waals surface area (Å²) in [6.45, 7) is 3.30. The number of hydrogen-bond donors (Lipinski definition) is 1. The molecule has 0 bridgehead atoms. The molecular formula is C25H28F2N4O3. The van der Waals surface area contributed by atoms with Crippen molar-refractivity contribution in [3.05, 3.63) is 60.3 Å². The van der Waals surface area contributed by atoms with Crippen molar-refractivity contribution in [1.29, 1.82) is 0 Å². The van der Waals surface area contributed by atoms with Gasteiger partial charge in [0.2, 0.25) is 0 Å². The summed E-state index contributed by atoms with van der Waals surface area (Å²) >= 11 is 0. The zero-order chi connectivity index (χ0) is 23.9. The van der Waals surface area contributed by atoms with Crippen molar-refractivity contribution in [2.24, 2.45) is 7.05 Å². The minimum atomic E-state index is -1.03. The Bertz CT molecular complexity index is 1130. The van der Waals surface area contributed by atoms with Crippen LogP contribution in [0.15, 0.2) is 48.7 Å². The Labute approximate surface area is 197 Å². The number of rotatable bonds is 9. The fourth-order valence-electron chi connectivity index (χ4n) is 3.95. The molecule has 0 radical (unpaired) electrons. The first-order valence-electron chi connectivity index (χ1n) is 11.3. The summed E-state index contributed by atoms with van der Waals surface area (Å²) in [6.07, 6.45) is 5.46. The molecule has 3 aromatic rings. The van der Waals surface area contributed by atoms with Crippen molar-refractivity contribution in [1.82, 2.24) is 14.7 Å². The van der Waals surface area contributed by atoms with Crippen molar-refractivity contribution >= 4 is 11.6 Å². The van der Waals surface area contributed by atoms with Crippen LogP contribution < -0.4 is 14.8 Å². The van der Waals surface area contributed by atoms with Gasteiger partial charge in [-0.25, -0.2) is 8.78 Å². The van der Waals surface area contributed by atoms with Gasteiger partial charge in [-0.3, -0.25) is 14.4 Å². The van der Waals surface area contributed by atoms with Crippen molar-refractivity contribution in [3.63, 3.8) is 0 Å². The number of halogens is 2. The number of aryl methyl sites for hydroxylation is 1. The molecule has 0 unspecified atom stereocenters. The van der Waals surface area contributed by atoms with Gasteiger partial charge in [0.25, 0.3) is 5.91 Å². The number of anilines is 1. The molecule has 4 rings (SSSR count). The number of nitrogens with zero attached hydrogens (tertiary/aromatic N) is 3. The quantitative estimate of drug-likeness (QED) is 0.507. The van der Waals surface area contributed by atoms with Gasteiger partial charge in [0, 0.05) is 37.1 Å². The standard InChI is InChI=1S/C25H28F2N4O3/c1-30-23(9-10-28-30)20-15-18(5-8-24(20)33-14-13-31-11-3-2-4-12-31)29-25(32)17-34-19-6-7-21(26)22(27)16-19/h5-10,15-16H,2-4,11-14,17H2,1H3,(H,29,32). The van der Waals surface area contributed by atoms with Crippen LogP contribution in [0.3, 0.4) is 0 Å². The third-order valence-electron chi connectivity index (χ3n) is 5.73. The second-order valence-electron chi connectivity index (χ2n) is 8.21. The molecule has 0 aliphatic carbocycles. The van der Waals surface area contributed by atoms with E-state index in [1.54, 1.807) is 16.9 Å². The lowest BCUT2D eigenvalue weighted by atomic mass is 10.1. The molecule has 7 nitrogen and oxygen atoms in total. The largest absolute Gasteiger partial charge is 0.492 e. The summed E-state index contributed by atoms with van der Waals surface area (Å²) in [4.78, 5) is 14.8. The Morgan fingerprint density at radius 1 is 1.03 bits per heavy atom.